The molecule has 0 aromatic carbocycles. The molecule has 6 heteroatoms. The highest BCUT2D eigenvalue weighted by atomic mass is 16.9. The monoisotopic (exact) mass is 255 g/mol. The van der Waals surface area contributed by atoms with Crippen LogP contribution in [0.2, 0.25) is 0 Å². The summed E-state index contributed by atoms with van der Waals surface area (Å²) in [5.41, 5.74) is 2.85. The van der Waals surface area contributed by atoms with E-state index >= 15 is 0 Å². The van der Waals surface area contributed by atoms with E-state index in [4.69, 9.17) is 19.0 Å². The molecule has 0 bridgehead atoms. The van der Waals surface area contributed by atoms with E-state index in [1.165, 1.54) is 6.42 Å². The highest BCUT2D eigenvalue weighted by Gasteiger charge is 2.69. The Labute approximate surface area is 105 Å². The number of ether oxygens (including phenoxy) is 3. The molecule has 100 valence electrons. The number of fused-ring (bicyclic) bond motifs is 2. The minimum absolute atomic E-state index is 0.0243. The third-order valence-corrected chi connectivity index (χ3v) is 4.45. The molecular weight excluding hydrogens is 238 g/mol. The summed E-state index contributed by atoms with van der Waals surface area (Å²) in [6.45, 7) is 1.03. The van der Waals surface area contributed by atoms with Gasteiger partial charge in [0.1, 0.15) is 0 Å². The average molecular weight is 255 g/mol. The van der Waals surface area contributed by atoms with Crippen molar-refractivity contribution in [2.45, 2.75) is 49.7 Å². The van der Waals surface area contributed by atoms with Gasteiger partial charge in [-0.3, -0.25) is 9.57 Å². The Bertz CT molecular complexity index is 381. The van der Waals surface area contributed by atoms with E-state index in [0.717, 1.165) is 25.7 Å². The van der Waals surface area contributed by atoms with Crippen LogP contribution in [0, 0.1) is 5.92 Å². The van der Waals surface area contributed by atoms with Crippen LogP contribution in [0.5, 0.6) is 0 Å². The summed E-state index contributed by atoms with van der Waals surface area (Å²) in [6, 6.07) is 0.0243. The lowest BCUT2D eigenvalue weighted by Crippen LogP contribution is -2.46. The lowest BCUT2D eigenvalue weighted by atomic mass is 9.93. The highest BCUT2D eigenvalue weighted by molar-refractivity contribution is 5.81. The third kappa shape index (κ3) is 1.34. The van der Waals surface area contributed by atoms with Crippen LogP contribution >= 0.6 is 0 Å². The van der Waals surface area contributed by atoms with E-state index in [1.807, 2.05) is 0 Å². The molecule has 0 radical (unpaired) electrons. The largest absolute Gasteiger partial charge is 0.429 e. The molecule has 1 N–H and O–H groups in total. The van der Waals surface area contributed by atoms with Crippen molar-refractivity contribution in [1.29, 1.82) is 0 Å². The maximum atomic E-state index is 12.2. The molecule has 1 saturated carbocycles. The summed E-state index contributed by atoms with van der Waals surface area (Å²) >= 11 is 0. The number of esters is 1. The Kier molecular flexibility index (Phi) is 2.27. The normalized spacial score (nSPS) is 45.7. The van der Waals surface area contributed by atoms with Gasteiger partial charge in [-0.2, -0.15) is 5.48 Å². The van der Waals surface area contributed by atoms with Crippen molar-refractivity contribution in [2.75, 3.05) is 13.2 Å². The standard InChI is InChI=1S/C12H17NO5/c14-10-12(8-6-15-7-9(8)13-18-12)17-11(16-10)4-2-1-3-5-11/h8-9,13H,1-7H2/t8?,9-,12?/m1/s1. The molecule has 0 amide bonds. The van der Waals surface area contributed by atoms with Gasteiger partial charge in [0.15, 0.2) is 0 Å². The van der Waals surface area contributed by atoms with Gasteiger partial charge in [0.25, 0.3) is 5.79 Å². The van der Waals surface area contributed by atoms with E-state index in [-0.39, 0.29) is 12.0 Å². The zero-order valence-corrected chi connectivity index (χ0v) is 10.1. The van der Waals surface area contributed by atoms with Crippen LogP contribution in [0.1, 0.15) is 32.1 Å². The predicted octanol–water partition coefficient (Wildman–Crippen LogP) is 0.466. The molecule has 6 nitrogen and oxygen atoms in total. The molecular formula is C12H17NO5. The Balaban J connectivity index is 1.64. The Morgan fingerprint density at radius 2 is 2.00 bits per heavy atom. The molecule has 0 aromatic heterocycles. The molecule has 3 heterocycles. The van der Waals surface area contributed by atoms with Gasteiger partial charge in [-0.25, -0.2) is 4.79 Å². The van der Waals surface area contributed by atoms with Gasteiger partial charge in [-0.05, 0) is 12.8 Å². The lowest BCUT2D eigenvalue weighted by Gasteiger charge is -2.32. The number of hydrogen-bond acceptors (Lipinski definition) is 6. The molecule has 4 aliphatic rings. The Hall–Kier alpha value is -0.690. The van der Waals surface area contributed by atoms with Crippen LogP contribution in [0.15, 0.2) is 0 Å². The van der Waals surface area contributed by atoms with Gasteiger partial charge >= 0.3 is 5.97 Å². The quantitative estimate of drug-likeness (QED) is 0.635. The van der Waals surface area contributed by atoms with Crippen LogP contribution in [0.25, 0.3) is 0 Å². The molecule has 18 heavy (non-hydrogen) atoms. The average Bonchev–Trinajstić information content (AvgIpc) is 3.00. The second-order valence-corrected chi connectivity index (χ2v) is 5.60. The van der Waals surface area contributed by atoms with Crippen molar-refractivity contribution in [3.05, 3.63) is 0 Å². The fourth-order valence-electron chi connectivity index (χ4n) is 3.45. The van der Waals surface area contributed by atoms with Crippen molar-refractivity contribution in [3.8, 4) is 0 Å². The molecule has 4 fully saturated rings. The van der Waals surface area contributed by atoms with Gasteiger partial charge in [0, 0.05) is 12.8 Å². The summed E-state index contributed by atoms with van der Waals surface area (Å²) < 4.78 is 17.0. The fourth-order valence-corrected chi connectivity index (χ4v) is 3.45. The summed E-state index contributed by atoms with van der Waals surface area (Å²) in [5.74, 6) is -2.53. The molecule has 2 spiro atoms. The maximum absolute atomic E-state index is 12.2. The van der Waals surface area contributed by atoms with Crippen molar-refractivity contribution in [2.24, 2.45) is 5.92 Å². The van der Waals surface area contributed by atoms with Gasteiger partial charge < -0.3 is 9.47 Å². The minimum atomic E-state index is -1.28. The van der Waals surface area contributed by atoms with Gasteiger partial charge in [0.05, 0.1) is 25.2 Å². The van der Waals surface area contributed by atoms with Crippen molar-refractivity contribution in [1.82, 2.24) is 5.48 Å². The summed E-state index contributed by atoms with van der Waals surface area (Å²) in [5, 5.41) is 0. The molecule has 3 atom stereocenters. The van der Waals surface area contributed by atoms with E-state index < -0.39 is 17.5 Å². The van der Waals surface area contributed by atoms with Crippen LogP contribution < -0.4 is 5.48 Å². The molecule has 0 aromatic rings. The van der Waals surface area contributed by atoms with Gasteiger partial charge in [0.2, 0.25) is 5.79 Å². The molecule has 4 rings (SSSR count). The first-order chi connectivity index (χ1) is 8.74. The molecule has 1 aliphatic carbocycles. The van der Waals surface area contributed by atoms with E-state index in [9.17, 15) is 4.79 Å². The van der Waals surface area contributed by atoms with Gasteiger partial charge in [-0.15, -0.1) is 0 Å². The van der Waals surface area contributed by atoms with E-state index in [0.29, 0.717) is 13.2 Å². The van der Waals surface area contributed by atoms with Crippen molar-refractivity contribution < 1.29 is 23.8 Å². The summed E-state index contributed by atoms with van der Waals surface area (Å²) in [7, 11) is 0. The van der Waals surface area contributed by atoms with Gasteiger partial charge in [-0.1, -0.05) is 6.42 Å². The van der Waals surface area contributed by atoms with Crippen LogP contribution in [0.4, 0.5) is 0 Å². The van der Waals surface area contributed by atoms with E-state index in [2.05, 4.69) is 5.48 Å². The number of carbonyl (C=O) groups excluding carboxylic acids is 1. The van der Waals surface area contributed by atoms with Crippen LogP contribution in [-0.4, -0.2) is 36.8 Å². The predicted molar refractivity (Wildman–Crippen MR) is 58.0 cm³/mol. The SMILES string of the molecule is O=C1OC2(CCCCC2)OC12ON[C@@H]1COCC12. The first-order valence-electron chi connectivity index (χ1n) is 6.69. The van der Waals surface area contributed by atoms with Crippen LogP contribution in [0.3, 0.4) is 0 Å². The zero-order valence-electron chi connectivity index (χ0n) is 10.1. The van der Waals surface area contributed by atoms with Crippen LogP contribution in [-0.2, 0) is 23.8 Å². The first kappa shape index (κ1) is 11.2. The van der Waals surface area contributed by atoms with Crippen molar-refractivity contribution in [3.63, 3.8) is 0 Å². The third-order valence-electron chi connectivity index (χ3n) is 4.45. The zero-order chi connectivity index (χ0) is 12.2. The smallest absolute Gasteiger partial charge is 0.371 e. The number of carbonyl (C=O) groups is 1. The number of nitrogens with one attached hydrogen (secondary N) is 1. The Morgan fingerprint density at radius 1 is 1.17 bits per heavy atom. The lowest BCUT2D eigenvalue weighted by molar-refractivity contribution is -0.284. The molecule has 2 unspecified atom stereocenters. The first-order valence-corrected chi connectivity index (χ1v) is 6.69. The minimum Gasteiger partial charge on any atom is -0.429 e. The second kappa shape index (κ2) is 3.66. The second-order valence-electron chi connectivity index (χ2n) is 5.60. The molecule has 3 saturated heterocycles. The Morgan fingerprint density at radius 3 is 2.83 bits per heavy atom. The number of hydrogen-bond donors (Lipinski definition) is 1. The highest BCUT2D eigenvalue weighted by Crippen LogP contribution is 2.49. The fraction of sp³-hybridized carbons (Fsp3) is 0.917. The molecule has 3 aliphatic heterocycles. The maximum Gasteiger partial charge on any atom is 0.371 e. The van der Waals surface area contributed by atoms with Crippen molar-refractivity contribution >= 4 is 5.97 Å². The summed E-state index contributed by atoms with van der Waals surface area (Å²) in [4.78, 5) is 17.7. The number of rotatable bonds is 0. The number of hydroxylamine groups is 1. The topological polar surface area (TPSA) is 66.0 Å². The summed E-state index contributed by atoms with van der Waals surface area (Å²) in [6.07, 6.45) is 4.76. The van der Waals surface area contributed by atoms with E-state index in [1.54, 1.807) is 0 Å².